The van der Waals surface area contributed by atoms with Crippen molar-refractivity contribution in [2.24, 2.45) is 0 Å². The number of aliphatic hydroxyl groups is 2. The molecule has 5 heteroatoms. The first kappa shape index (κ1) is 15.4. The van der Waals surface area contributed by atoms with E-state index in [-0.39, 0.29) is 18.5 Å². The number of phenols is 1. The molecule has 0 aromatic heterocycles. The van der Waals surface area contributed by atoms with Gasteiger partial charge in [0.05, 0.1) is 18.8 Å². The van der Waals surface area contributed by atoms with E-state index in [4.69, 9.17) is 15.3 Å². The number of ether oxygens (including phenoxy) is 1. The number of hydrogen-bond acceptors (Lipinski definition) is 5. The quantitative estimate of drug-likeness (QED) is 0.686. The number of hydrogen-bond donors (Lipinski definition) is 3. The summed E-state index contributed by atoms with van der Waals surface area (Å²) < 4.78 is 4.46. The molecule has 0 aliphatic carbocycles. The molecule has 1 aromatic rings. The Morgan fingerprint density at radius 3 is 2.18 bits per heavy atom. The van der Waals surface area contributed by atoms with Gasteiger partial charge in [-0.2, -0.15) is 0 Å². The van der Waals surface area contributed by atoms with Crippen LogP contribution in [0.15, 0.2) is 24.3 Å². The van der Waals surface area contributed by atoms with Gasteiger partial charge in [-0.05, 0) is 37.6 Å². The summed E-state index contributed by atoms with van der Waals surface area (Å²) in [6, 6.07) is 5.88. The largest absolute Gasteiger partial charge is 0.508 e. The predicted molar refractivity (Wildman–Crippen MR) is 62.8 cm³/mol. The molecule has 0 saturated heterocycles. The number of aromatic hydroxyl groups is 1. The van der Waals surface area contributed by atoms with Crippen molar-refractivity contribution in [1.82, 2.24) is 0 Å². The maximum Gasteiger partial charge on any atom is 0.337 e. The molecular weight excluding hydrogens is 224 g/mol. The lowest BCUT2D eigenvalue weighted by molar-refractivity contribution is 0.0600. The minimum Gasteiger partial charge on any atom is -0.508 e. The number of benzene rings is 1. The van der Waals surface area contributed by atoms with Crippen LogP contribution in [0.25, 0.3) is 0 Å². The van der Waals surface area contributed by atoms with Crippen LogP contribution in [0.5, 0.6) is 5.75 Å². The van der Waals surface area contributed by atoms with Gasteiger partial charge in [-0.15, -0.1) is 0 Å². The first-order chi connectivity index (χ1) is 8.01. The van der Waals surface area contributed by atoms with Crippen molar-refractivity contribution in [1.29, 1.82) is 0 Å². The summed E-state index contributed by atoms with van der Waals surface area (Å²) >= 11 is 0. The third-order valence-corrected chi connectivity index (χ3v) is 1.84. The van der Waals surface area contributed by atoms with Crippen LogP contribution in [0.2, 0.25) is 0 Å². The number of rotatable bonds is 3. The zero-order chi connectivity index (χ0) is 13.3. The number of phenolic OH excluding ortho intramolecular Hbond substituents is 1. The summed E-state index contributed by atoms with van der Waals surface area (Å²) in [4.78, 5) is 10.8. The van der Waals surface area contributed by atoms with Crippen LogP contribution in [0.1, 0.15) is 23.7 Å². The predicted octanol–water partition coefficient (Wildman–Crippen LogP) is 0.928. The average Bonchev–Trinajstić information content (AvgIpc) is 2.29. The van der Waals surface area contributed by atoms with E-state index in [1.807, 2.05) is 0 Å². The van der Waals surface area contributed by atoms with Crippen molar-refractivity contribution in [3.8, 4) is 5.75 Å². The zero-order valence-corrected chi connectivity index (χ0v) is 9.96. The highest BCUT2D eigenvalue weighted by atomic mass is 16.5. The SMILES string of the molecule is CC(O)CCO.COC(=O)c1ccc(O)cc1. The van der Waals surface area contributed by atoms with Gasteiger partial charge in [0.2, 0.25) is 0 Å². The number of carbonyl (C=O) groups excluding carboxylic acids is 1. The van der Waals surface area contributed by atoms with Crippen LogP contribution < -0.4 is 0 Å². The van der Waals surface area contributed by atoms with Crippen molar-refractivity contribution in [3.05, 3.63) is 29.8 Å². The first-order valence-electron chi connectivity index (χ1n) is 5.17. The molecule has 0 heterocycles. The second-order valence-corrected chi connectivity index (χ2v) is 3.40. The number of aliphatic hydroxyl groups excluding tert-OH is 2. The van der Waals surface area contributed by atoms with Crippen molar-refractivity contribution in [3.63, 3.8) is 0 Å². The van der Waals surface area contributed by atoms with Gasteiger partial charge in [0, 0.05) is 6.61 Å². The van der Waals surface area contributed by atoms with E-state index in [1.165, 1.54) is 31.4 Å². The molecule has 96 valence electrons. The normalized spacial score (nSPS) is 11.1. The Balaban J connectivity index is 0.000000366. The lowest BCUT2D eigenvalue weighted by Crippen LogP contribution is -2.00. The molecule has 1 aromatic carbocycles. The van der Waals surface area contributed by atoms with Crippen LogP contribution >= 0.6 is 0 Å². The summed E-state index contributed by atoms with van der Waals surface area (Å²) in [5, 5.41) is 25.3. The summed E-state index contributed by atoms with van der Waals surface area (Å²) in [5.41, 5.74) is 0.435. The maximum absolute atomic E-state index is 10.8. The van der Waals surface area contributed by atoms with E-state index in [2.05, 4.69) is 4.74 Å². The Bertz CT molecular complexity index is 318. The molecule has 0 spiro atoms. The smallest absolute Gasteiger partial charge is 0.337 e. The molecular formula is C12H18O5. The topological polar surface area (TPSA) is 87.0 Å². The lowest BCUT2D eigenvalue weighted by Gasteiger charge is -1.97. The molecule has 0 bridgehead atoms. The lowest BCUT2D eigenvalue weighted by atomic mass is 10.2. The highest BCUT2D eigenvalue weighted by molar-refractivity contribution is 5.89. The molecule has 0 aliphatic heterocycles. The number of esters is 1. The van der Waals surface area contributed by atoms with Crippen molar-refractivity contribution in [2.45, 2.75) is 19.4 Å². The van der Waals surface area contributed by atoms with Crippen LogP contribution in [0.3, 0.4) is 0 Å². The molecule has 17 heavy (non-hydrogen) atoms. The van der Waals surface area contributed by atoms with Gasteiger partial charge in [-0.25, -0.2) is 4.79 Å². The van der Waals surface area contributed by atoms with Crippen LogP contribution in [-0.4, -0.2) is 41.1 Å². The van der Waals surface area contributed by atoms with Crippen LogP contribution in [0.4, 0.5) is 0 Å². The summed E-state index contributed by atoms with van der Waals surface area (Å²) in [5.74, 6) is -0.261. The molecule has 0 radical (unpaired) electrons. The third kappa shape index (κ3) is 7.32. The summed E-state index contributed by atoms with van der Waals surface area (Å²) in [7, 11) is 1.31. The Hall–Kier alpha value is -1.59. The molecule has 3 N–H and O–H groups in total. The molecule has 1 rings (SSSR count). The van der Waals surface area contributed by atoms with E-state index in [1.54, 1.807) is 6.92 Å². The molecule has 0 saturated carbocycles. The van der Waals surface area contributed by atoms with Gasteiger partial charge in [-0.1, -0.05) is 0 Å². The molecule has 5 nitrogen and oxygen atoms in total. The fraction of sp³-hybridized carbons (Fsp3) is 0.417. The molecule has 1 atom stereocenters. The van der Waals surface area contributed by atoms with Crippen LogP contribution in [0, 0.1) is 0 Å². The average molecular weight is 242 g/mol. The minimum atomic E-state index is -0.398. The van der Waals surface area contributed by atoms with Gasteiger partial charge >= 0.3 is 5.97 Å². The standard InChI is InChI=1S/C8H8O3.C4H10O2/c1-11-8(10)6-2-4-7(9)5-3-6;1-4(6)2-3-5/h2-5,9H,1H3;4-6H,2-3H2,1H3. The fourth-order valence-electron chi connectivity index (χ4n) is 0.902. The third-order valence-electron chi connectivity index (χ3n) is 1.84. The van der Waals surface area contributed by atoms with Crippen molar-refractivity contribution in [2.75, 3.05) is 13.7 Å². The monoisotopic (exact) mass is 242 g/mol. The second kappa shape index (κ2) is 8.55. The second-order valence-electron chi connectivity index (χ2n) is 3.40. The maximum atomic E-state index is 10.8. The Morgan fingerprint density at radius 2 is 1.88 bits per heavy atom. The van der Waals surface area contributed by atoms with Gasteiger partial charge < -0.3 is 20.1 Å². The molecule has 0 fully saturated rings. The van der Waals surface area contributed by atoms with Gasteiger partial charge in [0.1, 0.15) is 5.75 Å². The summed E-state index contributed by atoms with van der Waals surface area (Å²) in [6.45, 7) is 1.73. The Morgan fingerprint density at radius 1 is 1.35 bits per heavy atom. The molecule has 0 amide bonds. The molecule has 1 unspecified atom stereocenters. The van der Waals surface area contributed by atoms with E-state index in [0.717, 1.165) is 0 Å². The van der Waals surface area contributed by atoms with Gasteiger partial charge in [0.25, 0.3) is 0 Å². The summed E-state index contributed by atoms with van der Waals surface area (Å²) in [6.07, 6.45) is 0.134. The zero-order valence-electron chi connectivity index (χ0n) is 9.96. The number of methoxy groups -OCH3 is 1. The Kier molecular flexibility index (Phi) is 7.75. The van der Waals surface area contributed by atoms with Crippen molar-refractivity contribution < 1.29 is 24.9 Å². The van der Waals surface area contributed by atoms with E-state index in [0.29, 0.717) is 12.0 Å². The number of carbonyl (C=O) groups is 1. The van der Waals surface area contributed by atoms with E-state index < -0.39 is 5.97 Å². The highest BCUT2D eigenvalue weighted by Gasteiger charge is 2.02. The Labute approximate surface area is 100 Å². The van der Waals surface area contributed by atoms with Gasteiger partial charge in [-0.3, -0.25) is 0 Å². The van der Waals surface area contributed by atoms with E-state index in [9.17, 15) is 4.79 Å². The minimum absolute atomic E-state index is 0.0810. The van der Waals surface area contributed by atoms with Crippen LogP contribution in [-0.2, 0) is 4.74 Å². The van der Waals surface area contributed by atoms with E-state index >= 15 is 0 Å². The first-order valence-corrected chi connectivity index (χ1v) is 5.17. The molecule has 0 aliphatic rings. The highest BCUT2D eigenvalue weighted by Crippen LogP contribution is 2.09. The van der Waals surface area contributed by atoms with Gasteiger partial charge in [0.15, 0.2) is 0 Å². The van der Waals surface area contributed by atoms with Crippen molar-refractivity contribution >= 4 is 5.97 Å². The fourth-order valence-corrected chi connectivity index (χ4v) is 0.902.